The van der Waals surface area contributed by atoms with E-state index < -0.39 is 0 Å². The summed E-state index contributed by atoms with van der Waals surface area (Å²) in [5, 5.41) is 15.9. The van der Waals surface area contributed by atoms with Gasteiger partial charge in [-0.05, 0) is 41.5 Å². The number of aromatic nitrogens is 5. The number of fused-ring (bicyclic) bond motifs is 7. The summed E-state index contributed by atoms with van der Waals surface area (Å²) in [4.78, 5) is 15.4. The molecule has 0 aliphatic carbocycles. The maximum absolute atomic E-state index is 11.3. The van der Waals surface area contributed by atoms with Crippen molar-refractivity contribution < 1.29 is 0 Å². The Balaban J connectivity index is 1.18. The lowest BCUT2D eigenvalue weighted by Gasteiger charge is -2.22. The van der Waals surface area contributed by atoms with Crippen molar-refractivity contribution in [1.29, 1.82) is 5.26 Å². The Bertz CT molecular complexity index is 3560. The summed E-state index contributed by atoms with van der Waals surface area (Å²) in [6.07, 6.45) is 0. The van der Waals surface area contributed by atoms with E-state index in [1.807, 2.05) is 56.4 Å². The minimum absolute atomic E-state index is 0.535. The van der Waals surface area contributed by atoms with Crippen LogP contribution < -0.4 is 16.4 Å². The van der Waals surface area contributed by atoms with E-state index in [1.54, 1.807) is 0 Å². The van der Waals surface area contributed by atoms with Crippen LogP contribution in [-0.4, -0.2) is 47.6 Å². The monoisotopic (exact) mass is 776 g/mol. The van der Waals surface area contributed by atoms with Gasteiger partial charge in [0.05, 0.1) is 33.3 Å². The van der Waals surface area contributed by atoms with Gasteiger partial charge in [0.15, 0.2) is 17.5 Å². The summed E-state index contributed by atoms with van der Waals surface area (Å²) in [5.41, 5.74) is 14.6. The van der Waals surface area contributed by atoms with E-state index in [2.05, 4.69) is 158 Å². The van der Waals surface area contributed by atoms with Gasteiger partial charge in [-0.25, -0.2) is 15.0 Å². The first-order chi connectivity index (χ1) is 30.0. The zero-order valence-corrected chi connectivity index (χ0v) is 33.9. The van der Waals surface area contributed by atoms with Gasteiger partial charge in [-0.2, -0.15) is 5.26 Å². The van der Waals surface area contributed by atoms with Gasteiger partial charge < -0.3 is 9.13 Å². The first-order valence-corrected chi connectivity index (χ1v) is 20.5. The Morgan fingerprint density at radius 2 is 0.918 bits per heavy atom. The van der Waals surface area contributed by atoms with Gasteiger partial charge in [0, 0.05) is 43.9 Å². The van der Waals surface area contributed by atoms with Gasteiger partial charge in [0.2, 0.25) is 0 Å². The molecule has 6 nitrogen and oxygen atoms in total. The molecule has 282 valence electrons. The van der Waals surface area contributed by atoms with Crippen molar-refractivity contribution in [2.24, 2.45) is 0 Å². The van der Waals surface area contributed by atoms with Crippen molar-refractivity contribution in [3.05, 3.63) is 181 Å². The van der Waals surface area contributed by atoms with E-state index in [4.69, 9.17) is 15.0 Å². The second-order valence-electron chi connectivity index (χ2n) is 15.6. The molecule has 11 rings (SSSR count). The van der Waals surface area contributed by atoms with E-state index in [-0.39, 0.29) is 0 Å². The Kier molecular flexibility index (Phi) is 8.54. The fourth-order valence-electron chi connectivity index (χ4n) is 9.26. The predicted octanol–water partition coefficient (Wildman–Crippen LogP) is 7.38. The van der Waals surface area contributed by atoms with Crippen LogP contribution in [0.25, 0.3) is 100 Å². The molecule has 0 fully saturated rings. The lowest BCUT2D eigenvalue weighted by atomic mass is 9.69. The Hall–Kier alpha value is -7.95. The highest BCUT2D eigenvalue weighted by molar-refractivity contribution is 6.56. The van der Waals surface area contributed by atoms with Gasteiger partial charge in [-0.15, -0.1) is 0 Å². The van der Waals surface area contributed by atoms with Gasteiger partial charge in [-0.3, -0.25) is 0 Å². The van der Waals surface area contributed by atoms with E-state index in [9.17, 15) is 5.26 Å². The van der Waals surface area contributed by atoms with Crippen LogP contribution in [0.3, 0.4) is 0 Å². The molecule has 0 atom stereocenters. The molecule has 0 radical (unpaired) electrons. The van der Waals surface area contributed by atoms with Crippen LogP contribution in [0.15, 0.2) is 176 Å². The number of para-hydroxylation sites is 3. The van der Waals surface area contributed by atoms with Crippen molar-refractivity contribution in [2.75, 3.05) is 0 Å². The number of nitriles is 1. The molecule has 0 unspecified atom stereocenters. The fourth-order valence-corrected chi connectivity index (χ4v) is 9.26. The van der Waals surface area contributed by atoms with Crippen LogP contribution in [0.4, 0.5) is 0 Å². The Morgan fingerprint density at radius 1 is 0.410 bits per heavy atom. The smallest absolute Gasteiger partial charge is 0.164 e. The van der Waals surface area contributed by atoms with Crippen LogP contribution in [0.2, 0.25) is 0 Å². The second kappa shape index (κ2) is 14.4. The van der Waals surface area contributed by atoms with Gasteiger partial charge in [0.25, 0.3) is 0 Å². The third kappa shape index (κ3) is 5.72. The summed E-state index contributed by atoms with van der Waals surface area (Å²) < 4.78 is 4.69. The SMILES string of the molecule is Bc1c(B)c(-n2c3ccccc3c3ccc4c(c5ccccc5n4-c4ccccc4)c32)c(C#N)c(B)c1-c1nc(-c2ccccc2)nc(-c2ccc(-c3ccccc3)cc2)n1. The molecule has 0 aliphatic rings. The lowest BCUT2D eigenvalue weighted by molar-refractivity contribution is 1.08. The number of nitrogens with zero attached hydrogens (tertiary/aromatic N) is 6. The topological polar surface area (TPSA) is 72.3 Å². The lowest BCUT2D eigenvalue weighted by Crippen LogP contribution is -2.39. The zero-order chi connectivity index (χ0) is 41.2. The van der Waals surface area contributed by atoms with E-state index in [1.165, 1.54) is 0 Å². The van der Waals surface area contributed by atoms with Crippen molar-refractivity contribution in [3.63, 3.8) is 0 Å². The molecule has 0 N–H and O–H groups in total. The largest absolute Gasteiger partial charge is 0.309 e. The van der Waals surface area contributed by atoms with E-state index in [0.29, 0.717) is 23.0 Å². The summed E-state index contributed by atoms with van der Waals surface area (Å²) >= 11 is 0. The van der Waals surface area contributed by atoms with Crippen molar-refractivity contribution >= 4 is 83.5 Å². The molecule has 0 aliphatic heterocycles. The van der Waals surface area contributed by atoms with Crippen LogP contribution in [-0.2, 0) is 0 Å². The quantitative estimate of drug-likeness (QED) is 0.166. The normalized spacial score (nSPS) is 11.5. The molecular formula is C52H35B3N6. The molecule has 0 bridgehead atoms. The van der Waals surface area contributed by atoms with Crippen LogP contribution in [0, 0.1) is 11.3 Å². The van der Waals surface area contributed by atoms with Crippen LogP contribution in [0.1, 0.15) is 5.56 Å². The fraction of sp³-hybridized carbons (Fsp3) is 0. The first-order valence-electron chi connectivity index (χ1n) is 20.5. The molecular weight excluding hydrogens is 741 g/mol. The number of hydrogen-bond acceptors (Lipinski definition) is 4. The summed E-state index contributed by atoms with van der Waals surface area (Å²) in [5.74, 6) is 1.68. The Labute approximate surface area is 355 Å². The molecule has 11 aromatic rings. The number of hydrogen-bond donors (Lipinski definition) is 0. The average Bonchev–Trinajstić information content (AvgIpc) is 3.84. The van der Waals surface area contributed by atoms with Crippen LogP contribution >= 0.6 is 0 Å². The third-order valence-corrected chi connectivity index (χ3v) is 12.2. The third-order valence-electron chi connectivity index (χ3n) is 12.2. The number of benzene rings is 8. The molecule has 0 saturated heterocycles. The molecule has 0 saturated carbocycles. The molecule has 3 aromatic heterocycles. The maximum atomic E-state index is 11.3. The van der Waals surface area contributed by atoms with Crippen molar-refractivity contribution in [3.8, 4) is 62.7 Å². The average molecular weight is 776 g/mol. The van der Waals surface area contributed by atoms with Gasteiger partial charge in [0.1, 0.15) is 29.6 Å². The minimum Gasteiger partial charge on any atom is -0.309 e. The highest BCUT2D eigenvalue weighted by Crippen LogP contribution is 2.42. The molecule has 0 spiro atoms. The molecule has 3 heterocycles. The number of rotatable bonds is 6. The second-order valence-corrected chi connectivity index (χ2v) is 15.6. The molecule has 61 heavy (non-hydrogen) atoms. The zero-order valence-electron chi connectivity index (χ0n) is 33.9. The molecule has 0 amide bonds. The minimum atomic E-state index is 0.535. The summed E-state index contributed by atoms with van der Waals surface area (Å²) in [6, 6.07) is 63.6. The van der Waals surface area contributed by atoms with Crippen LogP contribution in [0.5, 0.6) is 0 Å². The standard InChI is InChI=1S/C52H35B3N6/c53-45-39(30-56)49(61-40-22-12-10-20-36(40)37-28-29-42-43(48(37)61)38-21-11-13-23-41(38)60(42)35-18-8-3-9-19-35)47(55)46(54)44(45)52-58-50(33-16-6-2-7-17-33)57-51(59-52)34-26-24-32(25-27-34)31-14-4-1-5-15-31/h1-29H,53-55H2. The van der Waals surface area contributed by atoms with E-state index >= 15 is 0 Å². The summed E-state index contributed by atoms with van der Waals surface area (Å²) in [7, 11) is 6.30. The highest BCUT2D eigenvalue weighted by atomic mass is 15.0. The first kappa shape index (κ1) is 36.2. The van der Waals surface area contributed by atoms with Gasteiger partial charge in [-0.1, -0.05) is 162 Å². The predicted molar refractivity (Wildman–Crippen MR) is 259 cm³/mol. The Morgan fingerprint density at radius 3 is 1.57 bits per heavy atom. The van der Waals surface area contributed by atoms with Crippen molar-refractivity contribution in [2.45, 2.75) is 0 Å². The highest BCUT2D eigenvalue weighted by Gasteiger charge is 2.27. The molecule has 8 aromatic carbocycles. The maximum Gasteiger partial charge on any atom is 0.164 e. The van der Waals surface area contributed by atoms with Gasteiger partial charge >= 0.3 is 0 Å². The van der Waals surface area contributed by atoms with Crippen molar-refractivity contribution in [1.82, 2.24) is 24.1 Å². The molecule has 9 heteroatoms. The van der Waals surface area contributed by atoms with E-state index in [0.717, 1.165) is 99.2 Å². The summed E-state index contributed by atoms with van der Waals surface area (Å²) in [6.45, 7) is 0.